The van der Waals surface area contributed by atoms with Crippen molar-refractivity contribution in [2.45, 2.75) is 25.8 Å². The molecule has 1 aromatic carbocycles. The minimum Gasteiger partial charge on any atom is -0.468 e. The third kappa shape index (κ3) is 5.21. The van der Waals surface area contributed by atoms with Gasteiger partial charge in [0.15, 0.2) is 0 Å². The summed E-state index contributed by atoms with van der Waals surface area (Å²) in [5.41, 5.74) is 1.77. The zero-order valence-electron chi connectivity index (χ0n) is 16.3. The van der Waals surface area contributed by atoms with Crippen LogP contribution in [0.5, 0.6) is 0 Å². The summed E-state index contributed by atoms with van der Waals surface area (Å²) >= 11 is 0. The van der Waals surface area contributed by atoms with Crippen LogP contribution in [0.2, 0.25) is 0 Å². The van der Waals surface area contributed by atoms with Crippen molar-refractivity contribution in [1.29, 1.82) is 0 Å². The SMILES string of the molecule is CC(C)c1ccc(NC(=O)C(=O)NCC(c2ccco2)N2CCOCC2)cc1. The van der Waals surface area contributed by atoms with Crippen molar-refractivity contribution in [1.82, 2.24) is 10.2 Å². The number of carbonyl (C=O) groups excluding carboxylic acids is 2. The fourth-order valence-corrected chi connectivity index (χ4v) is 3.19. The number of amides is 2. The predicted octanol–water partition coefficient (Wildman–Crippen LogP) is 2.53. The van der Waals surface area contributed by atoms with Gasteiger partial charge in [0.05, 0.1) is 25.5 Å². The zero-order valence-corrected chi connectivity index (χ0v) is 16.3. The Bertz CT molecular complexity index is 765. The Balaban J connectivity index is 1.56. The molecule has 2 N–H and O–H groups in total. The van der Waals surface area contributed by atoms with Crippen LogP contribution >= 0.6 is 0 Å². The highest BCUT2D eigenvalue weighted by Gasteiger charge is 2.26. The summed E-state index contributed by atoms with van der Waals surface area (Å²) in [4.78, 5) is 26.7. The lowest BCUT2D eigenvalue weighted by Crippen LogP contribution is -2.45. The third-order valence-electron chi connectivity index (χ3n) is 4.86. The number of furan rings is 1. The van der Waals surface area contributed by atoms with Crippen LogP contribution in [0.15, 0.2) is 47.1 Å². The maximum atomic E-state index is 12.3. The van der Waals surface area contributed by atoms with E-state index in [2.05, 4.69) is 29.4 Å². The van der Waals surface area contributed by atoms with E-state index in [0.29, 0.717) is 24.8 Å². The summed E-state index contributed by atoms with van der Waals surface area (Å²) < 4.78 is 10.9. The van der Waals surface area contributed by atoms with Crippen molar-refractivity contribution >= 4 is 17.5 Å². The summed E-state index contributed by atoms with van der Waals surface area (Å²) in [5, 5.41) is 5.36. The Morgan fingerprint density at radius 1 is 1.07 bits per heavy atom. The normalized spacial score (nSPS) is 16.0. The molecule has 0 spiro atoms. The quantitative estimate of drug-likeness (QED) is 0.747. The van der Waals surface area contributed by atoms with Crippen molar-refractivity contribution in [3.8, 4) is 0 Å². The number of morpholine rings is 1. The number of hydrogen-bond donors (Lipinski definition) is 2. The lowest BCUT2D eigenvalue weighted by atomic mass is 10.0. The second-order valence-electron chi connectivity index (χ2n) is 7.12. The second-order valence-corrected chi connectivity index (χ2v) is 7.12. The molecule has 0 saturated carbocycles. The van der Waals surface area contributed by atoms with Crippen LogP contribution in [0, 0.1) is 0 Å². The molecule has 0 radical (unpaired) electrons. The van der Waals surface area contributed by atoms with Crippen LogP contribution in [0.1, 0.15) is 37.1 Å². The van der Waals surface area contributed by atoms with E-state index in [4.69, 9.17) is 9.15 Å². The minimum absolute atomic E-state index is 0.138. The molecular formula is C21H27N3O4. The Morgan fingerprint density at radius 3 is 2.39 bits per heavy atom. The first-order valence-electron chi connectivity index (χ1n) is 9.59. The van der Waals surface area contributed by atoms with E-state index in [-0.39, 0.29) is 12.6 Å². The van der Waals surface area contributed by atoms with Gasteiger partial charge in [0.1, 0.15) is 5.76 Å². The number of hydrogen-bond acceptors (Lipinski definition) is 5. The monoisotopic (exact) mass is 385 g/mol. The molecule has 1 atom stereocenters. The molecule has 150 valence electrons. The van der Waals surface area contributed by atoms with Crippen molar-refractivity contribution in [2.75, 3.05) is 38.2 Å². The number of rotatable bonds is 6. The number of benzene rings is 1. The highest BCUT2D eigenvalue weighted by atomic mass is 16.5. The fourth-order valence-electron chi connectivity index (χ4n) is 3.19. The number of carbonyl (C=O) groups is 2. The maximum Gasteiger partial charge on any atom is 0.313 e. The van der Waals surface area contributed by atoms with Crippen LogP contribution in [-0.4, -0.2) is 49.6 Å². The largest absolute Gasteiger partial charge is 0.468 e. The Kier molecular flexibility index (Phi) is 6.84. The minimum atomic E-state index is -0.683. The predicted molar refractivity (Wildman–Crippen MR) is 106 cm³/mol. The van der Waals surface area contributed by atoms with Crippen LogP contribution in [0.4, 0.5) is 5.69 Å². The van der Waals surface area contributed by atoms with Crippen molar-refractivity contribution < 1.29 is 18.7 Å². The Morgan fingerprint density at radius 2 is 1.79 bits per heavy atom. The molecule has 1 aliphatic heterocycles. The fraction of sp³-hybridized carbons (Fsp3) is 0.429. The lowest BCUT2D eigenvalue weighted by Gasteiger charge is -2.33. The molecule has 1 saturated heterocycles. The van der Waals surface area contributed by atoms with E-state index in [1.807, 2.05) is 24.3 Å². The summed E-state index contributed by atoms with van der Waals surface area (Å²) in [7, 11) is 0. The van der Waals surface area contributed by atoms with Gasteiger partial charge in [0, 0.05) is 25.3 Å². The van der Waals surface area contributed by atoms with Crippen LogP contribution in [-0.2, 0) is 14.3 Å². The second kappa shape index (κ2) is 9.52. The first kappa shape index (κ1) is 20.1. The van der Waals surface area contributed by atoms with Gasteiger partial charge in [-0.3, -0.25) is 14.5 Å². The third-order valence-corrected chi connectivity index (χ3v) is 4.86. The van der Waals surface area contributed by atoms with Crippen LogP contribution in [0.25, 0.3) is 0 Å². The van der Waals surface area contributed by atoms with E-state index in [9.17, 15) is 9.59 Å². The number of ether oxygens (including phenoxy) is 1. The summed E-state index contributed by atoms with van der Waals surface area (Å²) in [5.74, 6) is -0.186. The average molecular weight is 385 g/mol. The molecule has 2 heterocycles. The molecule has 7 heteroatoms. The molecule has 0 bridgehead atoms. The van der Waals surface area contributed by atoms with Gasteiger partial charge in [-0.05, 0) is 35.7 Å². The summed E-state index contributed by atoms with van der Waals surface area (Å²) in [6, 6.07) is 11.1. The standard InChI is InChI=1S/C21H27N3O4/c1-15(2)16-5-7-17(8-6-16)23-21(26)20(25)22-14-18(19-4-3-11-28-19)24-9-12-27-13-10-24/h3-8,11,15,18H,9-10,12-14H2,1-2H3,(H,22,25)(H,23,26). The van der Waals surface area contributed by atoms with Crippen molar-refractivity contribution in [3.05, 3.63) is 54.0 Å². The molecule has 2 amide bonds. The van der Waals surface area contributed by atoms with Gasteiger partial charge in [-0.25, -0.2) is 0 Å². The van der Waals surface area contributed by atoms with Gasteiger partial charge >= 0.3 is 11.8 Å². The molecule has 1 aliphatic rings. The highest BCUT2D eigenvalue weighted by Crippen LogP contribution is 2.22. The van der Waals surface area contributed by atoms with Crippen LogP contribution < -0.4 is 10.6 Å². The number of anilines is 1. The molecular weight excluding hydrogens is 358 g/mol. The number of nitrogens with one attached hydrogen (secondary N) is 2. The molecule has 28 heavy (non-hydrogen) atoms. The van der Waals surface area contributed by atoms with Gasteiger partial charge < -0.3 is 19.8 Å². The Hall–Kier alpha value is -2.64. The van der Waals surface area contributed by atoms with E-state index < -0.39 is 11.8 Å². The van der Waals surface area contributed by atoms with Crippen molar-refractivity contribution in [2.24, 2.45) is 0 Å². The average Bonchev–Trinajstić information content (AvgIpc) is 3.23. The van der Waals surface area contributed by atoms with Gasteiger partial charge in [0.2, 0.25) is 0 Å². The molecule has 2 aromatic rings. The summed E-state index contributed by atoms with van der Waals surface area (Å²) in [6.07, 6.45) is 1.61. The first-order chi connectivity index (χ1) is 13.5. The van der Waals surface area contributed by atoms with Gasteiger partial charge in [-0.2, -0.15) is 0 Å². The lowest BCUT2D eigenvalue weighted by molar-refractivity contribution is -0.136. The maximum absolute atomic E-state index is 12.3. The topological polar surface area (TPSA) is 83.8 Å². The van der Waals surface area contributed by atoms with Crippen LogP contribution in [0.3, 0.4) is 0 Å². The highest BCUT2D eigenvalue weighted by molar-refractivity contribution is 6.39. The molecule has 0 aliphatic carbocycles. The van der Waals surface area contributed by atoms with E-state index in [1.165, 1.54) is 5.56 Å². The molecule has 1 fully saturated rings. The molecule has 7 nitrogen and oxygen atoms in total. The van der Waals surface area contributed by atoms with E-state index in [1.54, 1.807) is 18.4 Å². The van der Waals surface area contributed by atoms with Gasteiger partial charge in [-0.1, -0.05) is 26.0 Å². The zero-order chi connectivity index (χ0) is 19.9. The summed E-state index contributed by atoms with van der Waals surface area (Å²) in [6.45, 7) is 7.25. The van der Waals surface area contributed by atoms with Gasteiger partial charge in [-0.15, -0.1) is 0 Å². The molecule has 1 aromatic heterocycles. The smallest absolute Gasteiger partial charge is 0.313 e. The van der Waals surface area contributed by atoms with Gasteiger partial charge in [0.25, 0.3) is 0 Å². The first-order valence-corrected chi connectivity index (χ1v) is 9.59. The van der Waals surface area contributed by atoms with Crippen molar-refractivity contribution in [3.63, 3.8) is 0 Å². The van der Waals surface area contributed by atoms with E-state index >= 15 is 0 Å². The number of nitrogens with zero attached hydrogens (tertiary/aromatic N) is 1. The Labute approximate surface area is 165 Å². The molecule has 1 unspecified atom stereocenters. The molecule has 3 rings (SSSR count). The van der Waals surface area contributed by atoms with E-state index in [0.717, 1.165) is 18.8 Å².